The molecule has 1 aromatic rings. The number of hydrogen-bond donors (Lipinski definition) is 0. The van der Waals surface area contributed by atoms with Crippen LogP contribution in [0.25, 0.3) is 0 Å². The van der Waals surface area contributed by atoms with Crippen molar-refractivity contribution in [1.29, 1.82) is 0 Å². The Balaban J connectivity index is 1.49. The first-order chi connectivity index (χ1) is 11.3. The minimum absolute atomic E-state index is 0.00292. The van der Waals surface area contributed by atoms with Crippen LogP contribution in [0.5, 0.6) is 0 Å². The molecule has 0 saturated carbocycles. The van der Waals surface area contributed by atoms with Crippen LogP contribution in [0.4, 0.5) is 0 Å². The molecule has 1 aromatic carbocycles. The highest BCUT2D eigenvalue weighted by Crippen LogP contribution is 2.37. The molecule has 0 atom stereocenters. The van der Waals surface area contributed by atoms with Gasteiger partial charge in [0.15, 0.2) is 5.79 Å². The van der Waals surface area contributed by atoms with Gasteiger partial charge in [-0.05, 0) is 31.5 Å². The summed E-state index contributed by atoms with van der Waals surface area (Å²) < 4.78 is 11.5. The number of benzene rings is 1. The molecule has 0 unspecified atom stereocenters. The summed E-state index contributed by atoms with van der Waals surface area (Å²) >= 11 is 1.84. The number of carbonyl (C=O) groups is 1. The number of nitrogens with zero attached hydrogens (tertiary/aromatic N) is 1. The molecule has 3 rings (SSSR count). The second kappa shape index (κ2) is 6.70. The van der Waals surface area contributed by atoms with E-state index in [1.807, 2.05) is 30.5 Å². The maximum atomic E-state index is 12.4. The lowest BCUT2D eigenvalue weighted by Gasteiger charge is -2.54. The Morgan fingerprint density at radius 2 is 1.75 bits per heavy atom. The number of carbonyl (C=O) groups excluding carboxylic acids is 1. The van der Waals surface area contributed by atoms with Crippen LogP contribution < -0.4 is 0 Å². The van der Waals surface area contributed by atoms with E-state index in [1.165, 1.54) is 4.90 Å². The molecule has 1 amide bonds. The third-order valence-corrected chi connectivity index (χ3v) is 5.52. The van der Waals surface area contributed by atoms with Gasteiger partial charge in [-0.15, -0.1) is 11.8 Å². The van der Waals surface area contributed by atoms with Gasteiger partial charge >= 0.3 is 0 Å². The lowest BCUT2D eigenvalue weighted by Crippen LogP contribution is -2.66. The Hall–Kier alpha value is -1.04. The zero-order valence-electron chi connectivity index (χ0n) is 15.0. The molecule has 132 valence electrons. The first kappa shape index (κ1) is 17.8. The maximum Gasteiger partial charge on any atom is 0.227 e. The van der Waals surface area contributed by atoms with Crippen molar-refractivity contribution in [3.8, 4) is 0 Å². The monoisotopic (exact) mass is 349 g/mol. The number of likely N-dealkylation sites (tertiary alicyclic amines) is 1. The first-order valence-electron chi connectivity index (χ1n) is 8.58. The predicted molar refractivity (Wildman–Crippen MR) is 96.1 cm³/mol. The van der Waals surface area contributed by atoms with Gasteiger partial charge < -0.3 is 14.4 Å². The fourth-order valence-electron chi connectivity index (χ4n) is 3.10. The van der Waals surface area contributed by atoms with E-state index in [4.69, 9.17) is 9.47 Å². The van der Waals surface area contributed by atoms with Crippen molar-refractivity contribution in [2.45, 2.75) is 50.0 Å². The Morgan fingerprint density at radius 1 is 1.17 bits per heavy atom. The third-order valence-electron chi connectivity index (χ3n) is 4.51. The molecular weight excluding hydrogens is 322 g/mol. The zero-order chi connectivity index (χ0) is 17.4. The van der Waals surface area contributed by atoms with E-state index >= 15 is 0 Å². The molecule has 24 heavy (non-hydrogen) atoms. The minimum Gasteiger partial charge on any atom is -0.350 e. The summed E-state index contributed by atoms with van der Waals surface area (Å²) in [5.41, 5.74) is 1.08. The van der Waals surface area contributed by atoms with E-state index in [2.05, 4.69) is 38.1 Å². The Labute approximate surface area is 148 Å². The third kappa shape index (κ3) is 4.13. The summed E-state index contributed by atoms with van der Waals surface area (Å²) in [6.07, 6.45) is 0.468. The quantitative estimate of drug-likeness (QED) is 0.782. The molecule has 1 spiro atoms. The van der Waals surface area contributed by atoms with Crippen molar-refractivity contribution in [3.05, 3.63) is 29.8 Å². The molecule has 0 N–H and O–H groups in total. The zero-order valence-corrected chi connectivity index (χ0v) is 15.8. The van der Waals surface area contributed by atoms with Gasteiger partial charge in [-0.2, -0.15) is 0 Å². The van der Waals surface area contributed by atoms with Crippen LogP contribution in [-0.2, 0) is 20.7 Å². The van der Waals surface area contributed by atoms with Crippen LogP contribution in [-0.4, -0.2) is 48.1 Å². The summed E-state index contributed by atoms with van der Waals surface area (Å²) in [5, 5.41) is 0.569. The molecule has 2 aliphatic rings. The number of thioether (sulfide) groups is 1. The SMILES string of the molecule is CC(C)Sc1ccc(CC(=O)N2CC3(COC(C)(C)OC3)C2)cc1. The van der Waals surface area contributed by atoms with Crippen LogP contribution in [0, 0.1) is 5.41 Å². The van der Waals surface area contributed by atoms with E-state index < -0.39 is 5.79 Å². The fourth-order valence-corrected chi connectivity index (χ4v) is 3.94. The van der Waals surface area contributed by atoms with E-state index in [0.29, 0.717) is 24.9 Å². The molecule has 0 bridgehead atoms. The highest BCUT2D eigenvalue weighted by Gasteiger charge is 2.49. The molecular formula is C19H27NO3S. The van der Waals surface area contributed by atoms with Crippen LogP contribution >= 0.6 is 11.8 Å². The van der Waals surface area contributed by atoms with E-state index in [9.17, 15) is 4.79 Å². The Bertz CT molecular complexity index is 579. The standard InChI is InChI=1S/C19H27NO3S/c1-14(2)24-16-7-5-15(6-8-16)9-17(21)20-10-19(11-20)12-22-18(3,4)23-13-19/h5-8,14H,9-13H2,1-4H3. The number of amides is 1. The van der Waals surface area contributed by atoms with E-state index in [0.717, 1.165) is 18.7 Å². The number of hydrogen-bond acceptors (Lipinski definition) is 4. The van der Waals surface area contributed by atoms with Crippen molar-refractivity contribution in [1.82, 2.24) is 4.90 Å². The highest BCUT2D eigenvalue weighted by molar-refractivity contribution is 7.99. The van der Waals surface area contributed by atoms with Crippen molar-refractivity contribution in [3.63, 3.8) is 0 Å². The van der Waals surface area contributed by atoms with Crippen LogP contribution in [0.15, 0.2) is 29.2 Å². The van der Waals surface area contributed by atoms with Gasteiger partial charge in [0, 0.05) is 23.2 Å². The van der Waals surface area contributed by atoms with Crippen molar-refractivity contribution >= 4 is 17.7 Å². The molecule has 4 nitrogen and oxygen atoms in total. The molecule has 0 radical (unpaired) electrons. The lowest BCUT2D eigenvalue weighted by molar-refractivity contribution is -0.302. The predicted octanol–water partition coefficient (Wildman–Crippen LogP) is 3.34. The molecule has 5 heteroatoms. The van der Waals surface area contributed by atoms with Gasteiger partial charge in [0.2, 0.25) is 5.91 Å². The largest absolute Gasteiger partial charge is 0.350 e. The summed E-state index contributed by atoms with van der Waals surface area (Å²) in [7, 11) is 0. The van der Waals surface area contributed by atoms with Gasteiger partial charge in [0.25, 0.3) is 0 Å². The average Bonchev–Trinajstić information content (AvgIpc) is 2.47. The van der Waals surface area contributed by atoms with Gasteiger partial charge in [0.05, 0.1) is 25.0 Å². The van der Waals surface area contributed by atoms with Crippen LogP contribution in [0.3, 0.4) is 0 Å². The van der Waals surface area contributed by atoms with Gasteiger partial charge in [-0.1, -0.05) is 26.0 Å². The van der Waals surface area contributed by atoms with Gasteiger partial charge in [-0.3, -0.25) is 4.79 Å². The summed E-state index contributed by atoms with van der Waals surface area (Å²) in [5.74, 6) is -0.305. The van der Waals surface area contributed by atoms with E-state index in [-0.39, 0.29) is 11.3 Å². The average molecular weight is 349 g/mol. The van der Waals surface area contributed by atoms with Crippen molar-refractivity contribution in [2.75, 3.05) is 26.3 Å². The van der Waals surface area contributed by atoms with Crippen LogP contribution in [0.1, 0.15) is 33.3 Å². The second-order valence-electron chi connectivity index (χ2n) is 7.71. The molecule has 0 aliphatic carbocycles. The number of rotatable bonds is 4. The Kier molecular flexibility index (Phi) is 4.96. The first-order valence-corrected chi connectivity index (χ1v) is 9.46. The number of ether oxygens (including phenoxy) is 2. The molecule has 2 aliphatic heterocycles. The molecule has 2 saturated heterocycles. The fraction of sp³-hybridized carbons (Fsp3) is 0.632. The normalized spacial score (nSPS) is 21.8. The van der Waals surface area contributed by atoms with Crippen molar-refractivity contribution < 1.29 is 14.3 Å². The van der Waals surface area contributed by atoms with E-state index in [1.54, 1.807) is 0 Å². The van der Waals surface area contributed by atoms with Gasteiger partial charge in [-0.25, -0.2) is 0 Å². The maximum absolute atomic E-state index is 12.4. The summed E-state index contributed by atoms with van der Waals surface area (Å²) in [6.45, 7) is 11.1. The summed E-state index contributed by atoms with van der Waals surface area (Å²) in [6, 6.07) is 8.34. The van der Waals surface area contributed by atoms with Gasteiger partial charge in [0.1, 0.15) is 0 Å². The Morgan fingerprint density at radius 3 is 2.29 bits per heavy atom. The highest BCUT2D eigenvalue weighted by atomic mass is 32.2. The summed E-state index contributed by atoms with van der Waals surface area (Å²) in [4.78, 5) is 15.6. The lowest BCUT2D eigenvalue weighted by atomic mass is 9.80. The van der Waals surface area contributed by atoms with Crippen molar-refractivity contribution in [2.24, 2.45) is 5.41 Å². The topological polar surface area (TPSA) is 38.8 Å². The second-order valence-corrected chi connectivity index (χ2v) is 9.36. The van der Waals surface area contributed by atoms with Crippen LogP contribution in [0.2, 0.25) is 0 Å². The minimum atomic E-state index is -0.495. The smallest absolute Gasteiger partial charge is 0.227 e. The molecule has 0 aromatic heterocycles. The molecule has 2 heterocycles. The molecule has 2 fully saturated rings.